The number of H-pyrrole nitrogens is 1. The van der Waals surface area contributed by atoms with Gasteiger partial charge in [0.1, 0.15) is 0 Å². The fraction of sp³-hybridized carbons (Fsp3) is 0.478. The van der Waals surface area contributed by atoms with Gasteiger partial charge in [-0.15, -0.1) is 0 Å². The van der Waals surface area contributed by atoms with Crippen molar-refractivity contribution in [1.82, 2.24) is 10.2 Å². The number of Topliss-reactive ketones (excluding diaryl/α,β-unsaturated/α-hetero) is 1. The van der Waals surface area contributed by atoms with E-state index >= 15 is 0 Å². The maximum Gasteiger partial charge on any atom is 0.160 e. The average Bonchev–Trinajstić information content (AvgIpc) is 3.33. The van der Waals surface area contributed by atoms with E-state index in [1.165, 1.54) is 29.7 Å². The number of rotatable bonds is 2. The minimum atomic E-state index is -0.528. The minimum Gasteiger partial charge on any atom is -0.294 e. The van der Waals surface area contributed by atoms with Crippen LogP contribution >= 0.6 is 11.6 Å². The Balaban J connectivity index is 1.82. The Hall–Kier alpha value is -1.87. The number of ketones is 1. The standard InChI is InChI=1S/C23H25ClN2O/c1-22(2)11-14-10-17-20(21(26-25-17)13-8-9-13)23(3,19(14)18(27)12-22)15-6-4-5-7-16(15)24/h4-7,13H,8-12H2,1-3H3,(H,25,26)/t23-/m1/s1. The van der Waals surface area contributed by atoms with Gasteiger partial charge in [-0.1, -0.05) is 49.2 Å². The first kappa shape index (κ1) is 17.2. The van der Waals surface area contributed by atoms with Gasteiger partial charge in [0.25, 0.3) is 0 Å². The molecule has 0 spiro atoms. The molecule has 1 heterocycles. The molecule has 1 atom stereocenters. The van der Waals surface area contributed by atoms with E-state index < -0.39 is 5.41 Å². The maximum absolute atomic E-state index is 13.4. The molecular weight excluding hydrogens is 356 g/mol. The van der Waals surface area contributed by atoms with Crippen LogP contribution in [0.1, 0.15) is 74.9 Å². The molecule has 1 saturated carbocycles. The molecule has 1 aromatic heterocycles. The normalized spacial score (nSPS) is 26.7. The Morgan fingerprint density at radius 3 is 2.59 bits per heavy atom. The number of nitrogens with zero attached hydrogens (tertiary/aromatic N) is 1. The zero-order valence-electron chi connectivity index (χ0n) is 16.2. The fourth-order valence-corrected chi connectivity index (χ4v) is 5.76. The van der Waals surface area contributed by atoms with Crippen LogP contribution in [0.5, 0.6) is 0 Å². The first-order valence-corrected chi connectivity index (χ1v) is 10.3. The van der Waals surface area contributed by atoms with Gasteiger partial charge in [0, 0.05) is 40.6 Å². The summed E-state index contributed by atoms with van der Waals surface area (Å²) in [5.74, 6) is 0.793. The number of aromatic amines is 1. The molecule has 0 bridgehead atoms. The molecule has 5 rings (SSSR count). The van der Waals surface area contributed by atoms with Gasteiger partial charge in [-0.3, -0.25) is 9.89 Å². The van der Waals surface area contributed by atoms with Gasteiger partial charge in [0.15, 0.2) is 5.78 Å². The van der Waals surface area contributed by atoms with Gasteiger partial charge in [0.05, 0.1) is 11.1 Å². The molecule has 3 aliphatic rings. The van der Waals surface area contributed by atoms with Crippen molar-refractivity contribution >= 4 is 17.4 Å². The number of aromatic nitrogens is 2. The molecule has 1 fully saturated rings. The fourth-order valence-electron chi connectivity index (χ4n) is 5.44. The lowest BCUT2D eigenvalue weighted by Crippen LogP contribution is -2.41. The first-order chi connectivity index (χ1) is 12.8. The number of carbonyl (C=O) groups is 1. The number of nitrogens with one attached hydrogen (secondary N) is 1. The van der Waals surface area contributed by atoms with Crippen molar-refractivity contribution in [1.29, 1.82) is 0 Å². The number of halogens is 1. The molecule has 3 aliphatic carbocycles. The van der Waals surface area contributed by atoms with Crippen LogP contribution in [0.25, 0.3) is 0 Å². The van der Waals surface area contributed by atoms with Gasteiger partial charge in [-0.05, 0) is 43.2 Å². The van der Waals surface area contributed by atoms with E-state index in [2.05, 4.69) is 31.9 Å². The minimum absolute atomic E-state index is 0.00809. The molecule has 2 aromatic rings. The van der Waals surface area contributed by atoms with Crippen molar-refractivity contribution in [2.24, 2.45) is 5.41 Å². The monoisotopic (exact) mass is 380 g/mol. The molecule has 4 heteroatoms. The predicted molar refractivity (Wildman–Crippen MR) is 107 cm³/mol. The van der Waals surface area contributed by atoms with Crippen LogP contribution in [0.15, 0.2) is 35.4 Å². The van der Waals surface area contributed by atoms with Gasteiger partial charge >= 0.3 is 0 Å². The van der Waals surface area contributed by atoms with E-state index in [-0.39, 0.29) is 11.2 Å². The summed E-state index contributed by atoms with van der Waals surface area (Å²) in [5, 5.41) is 8.77. The van der Waals surface area contributed by atoms with Gasteiger partial charge in [-0.25, -0.2) is 0 Å². The summed E-state index contributed by atoms with van der Waals surface area (Å²) in [7, 11) is 0. The zero-order chi connectivity index (χ0) is 19.0. The third kappa shape index (κ3) is 2.47. The summed E-state index contributed by atoms with van der Waals surface area (Å²) in [6.07, 6.45) is 4.72. The van der Waals surface area contributed by atoms with Gasteiger partial charge < -0.3 is 0 Å². The van der Waals surface area contributed by atoms with Crippen molar-refractivity contribution in [2.75, 3.05) is 0 Å². The Labute approximate surface area is 165 Å². The summed E-state index contributed by atoms with van der Waals surface area (Å²) in [5.41, 5.74) is 6.28. The molecule has 1 N–H and O–H groups in total. The number of fused-ring (bicyclic) bond motifs is 1. The summed E-state index contributed by atoms with van der Waals surface area (Å²) < 4.78 is 0. The van der Waals surface area contributed by atoms with Crippen LogP contribution in [-0.4, -0.2) is 16.0 Å². The third-order valence-electron chi connectivity index (χ3n) is 6.60. The van der Waals surface area contributed by atoms with Crippen LogP contribution in [0, 0.1) is 5.41 Å². The van der Waals surface area contributed by atoms with E-state index in [0.717, 1.165) is 34.7 Å². The van der Waals surface area contributed by atoms with E-state index in [1.807, 2.05) is 18.2 Å². The Morgan fingerprint density at radius 2 is 1.89 bits per heavy atom. The second kappa shape index (κ2) is 5.57. The quantitative estimate of drug-likeness (QED) is 0.748. The van der Waals surface area contributed by atoms with Gasteiger partial charge in [0.2, 0.25) is 0 Å². The van der Waals surface area contributed by atoms with Crippen molar-refractivity contribution in [3.8, 4) is 0 Å². The number of carbonyl (C=O) groups excluding carboxylic acids is 1. The molecule has 1 aromatic carbocycles. The summed E-state index contributed by atoms with van der Waals surface area (Å²) in [6.45, 7) is 6.58. The predicted octanol–water partition coefficient (Wildman–Crippen LogP) is 5.49. The lowest BCUT2D eigenvalue weighted by Gasteiger charge is -2.44. The molecule has 0 radical (unpaired) electrons. The molecule has 3 nitrogen and oxygen atoms in total. The second-order valence-electron chi connectivity index (χ2n) is 9.44. The number of benzene rings is 1. The highest BCUT2D eigenvalue weighted by molar-refractivity contribution is 6.31. The molecule has 0 saturated heterocycles. The number of allylic oxidation sites excluding steroid dienone is 2. The maximum atomic E-state index is 13.4. The van der Waals surface area contributed by atoms with Crippen LogP contribution < -0.4 is 0 Å². The van der Waals surface area contributed by atoms with E-state index in [4.69, 9.17) is 16.7 Å². The zero-order valence-corrected chi connectivity index (χ0v) is 16.9. The van der Waals surface area contributed by atoms with E-state index in [0.29, 0.717) is 12.3 Å². The van der Waals surface area contributed by atoms with E-state index in [1.54, 1.807) is 0 Å². The molecule has 0 unspecified atom stereocenters. The first-order valence-electron chi connectivity index (χ1n) is 9.89. The molecular formula is C23H25ClN2O. The number of hydrogen-bond acceptors (Lipinski definition) is 2. The summed E-state index contributed by atoms with van der Waals surface area (Å²) in [4.78, 5) is 13.4. The van der Waals surface area contributed by atoms with Crippen molar-refractivity contribution < 1.29 is 4.79 Å². The highest BCUT2D eigenvalue weighted by Gasteiger charge is 2.51. The average molecular weight is 381 g/mol. The van der Waals surface area contributed by atoms with Crippen molar-refractivity contribution in [3.05, 3.63) is 62.9 Å². The third-order valence-corrected chi connectivity index (χ3v) is 6.93. The number of hydrogen-bond donors (Lipinski definition) is 1. The molecule has 0 aliphatic heterocycles. The Bertz CT molecular complexity index is 996. The van der Waals surface area contributed by atoms with Crippen LogP contribution in [-0.2, 0) is 16.6 Å². The highest BCUT2D eigenvalue weighted by atomic mass is 35.5. The lowest BCUT2D eigenvalue weighted by molar-refractivity contribution is -0.118. The summed E-state index contributed by atoms with van der Waals surface area (Å²) in [6, 6.07) is 8.00. The SMILES string of the molecule is CC1(C)CC(=O)C2=C(Cc3[nH]nc(C4CC4)c3[C@]2(C)c2ccccc2Cl)C1. The molecule has 140 valence electrons. The highest BCUT2D eigenvalue weighted by Crippen LogP contribution is 2.56. The van der Waals surface area contributed by atoms with Crippen molar-refractivity contribution in [2.45, 2.75) is 64.2 Å². The van der Waals surface area contributed by atoms with Crippen LogP contribution in [0.4, 0.5) is 0 Å². The van der Waals surface area contributed by atoms with Crippen LogP contribution in [0.3, 0.4) is 0 Å². The smallest absolute Gasteiger partial charge is 0.160 e. The second-order valence-corrected chi connectivity index (χ2v) is 9.84. The topological polar surface area (TPSA) is 45.8 Å². The Morgan fingerprint density at radius 1 is 1.15 bits per heavy atom. The van der Waals surface area contributed by atoms with Gasteiger partial charge in [-0.2, -0.15) is 5.10 Å². The lowest BCUT2D eigenvalue weighted by atomic mass is 9.58. The van der Waals surface area contributed by atoms with Crippen LogP contribution in [0.2, 0.25) is 5.02 Å². The van der Waals surface area contributed by atoms with Crippen molar-refractivity contribution in [3.63, 3.8) is 0 Å². The molecule has 27 heavy (non-hydrogen) atoms. The van der Waals surface area contributed by atoms with E-state index in [9.17, 15) is 4.79 Å². The molecule has 0 amide bonds. The largest absolute Gasteiger partial charge is 0.294 e. The summed E-state index contributed by atoms with van der Waals surface area (Å²) >= 11 is 6.70. The Kier molecular flexibility index (Phi) is 3.56.